The summed E-state index contributed by atoms with van der Waals surface area (Å²) in [7, 11) is 0. The number of nitro groups is 2. The average molecular weight is 794 g/mol. The summed E-state index contributed by atoms with van der Waals surface area (Å²) < 4.78 is 4.26. The number of nitrogens with one attached hydrogen (secondary N) is 1. The van der Waals surface area contributed by atoms with Gasteiger partial charge in [0.15, 0.2) is 0 Å². The summed E-state index contributed by atoms with van der Waals surface area (Å²) in [6.45, 7) is 4.49. The fourth-order valence-electron chi connectivity index (χ4n) is 7.45. The second-order valence-corrected chi connectivity index (χ2v) is 18.2. The first kappa shape index (κ1) is 39.4. The van der Waals surface area contributed by atoms with Crippen molar-refractivity contribution in [1.29, 1.82) is 0 Å². The number of unbranched alkanes of at least 4 members (excludes halogenated alkanes) is 16. The predicted octanol–water partition coefficient (Wildman–Crippen LogP) is 14.8. The minimum Gasteiger partial charge on any atom is -0.258 e. The molecule has 1 aromatic carbocycles. The Bertz CT molecular complexity index is 1980. The van der Waals surface area contributed by atoms with Crippen molar-refractivity contribution >= 4 is 86.6 Å². The van der Waals surface area contributed by atoms with Gasteiger partial charge in [0.25, 0.3) is 0 Å². The number of benzene rings is 1. The van der Waals surface area contributed by atoms with Crippen LogP contribution in [0.3, 0.4) is 0 Å². The Morgan fingerprint density at radius 3 is 1.28 bits per heavy atom. The summed E-state index contributed by atoms with van der Waals surface area (Å²) in [5.74, 6) is 0. The van der Waals surface area contributed by atoms with E-state index in [0.29, 0.717) is 20.8 Å². The monoisotopic (exact) mass is 793 g/mol. The molecule has 0 aliphatic carbocycles. The molecule has 1 N–H and O–H groups in total. The molecular formula is C40H51N5O4S4. The van der Waals surface area contributed by atoms with Crippen LogP contribution in [0.15, 0.2) is 22.9 Å². The standard InChI is InChI=1S/C40H51N5O4S4/c1-3-5-7-9-11-13-15-17-19-21-27-25-50-31-23-29(52-39(27)31)33-35-36(42-43-41-35)34(38(45(48)49)37(33)44(46)47)30-24-32-40(53-30)28(26-51-32)22-20-18-16-14-12-10-8-6-4-2/h23-26H,3-22H2,1-2H3,(H,41,42,43). The molecule has 284 valence electrons. The molecule has 0 aliphatic rings. The van der Waals surface area contributed by atoms with Crippen LogP contribution in [-0.4, -0.2) is 25.3 Å². The van der Waals surface area contributed by atoms with Crippen molar-refractivity contribution in [3.63, 3.8) is 0 Å². The minimum absolute atomic E-state index is 0.168. The van der Waals surface area contributed by atoms with E-state index in [1.54, 1.807) is 22.7 Å². The van der Waals surface area contributed by atoms with Crippen molar-refractivity contribution in [1.82, 2.24) is 15.4 Å². The molecule has 6 aromatic rings. The second-order valence-electron chi connectivity index (χ2n) is 14.3. The van der Waals surface area contributed by atoms with E-state index >= 15 is 0 Å². The first-order valence-corrected chi connectivity index (χ1v) is 23.0. The van der Waals surface area contributed by atoms with Crippen molar-refractivity contribution in [2.24, 2.45) is 0 Å². The molecule has 5 aromatic heterocycles. The fourth-order valence-corrected chi connectivity index (χ4v) is 12.4. The Balaban J connectivity index is 1.23. The van der Waals surface area contributed by atoms with Crippen molar-refractivity contribution in [2.75, 3.05) is 0 Å². The van der Waals surface area contributed by atoms with Crippen LogP contribution in [0.25, 0.3) is 50.7 Å². The van der Waals surface area contributed by atoms with Gasteiger partial charge in [-0.2, -0.15) is 15.4 Å². The van der Waals surface area contributed by atoms with Gasteiger partial charge in [0.1, 0.15) is 22.2 Å². The first-order chi connectivity index (χ1) is 25.9. The lowest BCUT2D eigenvalue weighted by Gasteiger charge is -2.07. The van der Waals surface area contributed by atoms with Gasteiger partial charge in [-0.1, -0.05) is 117 Å². The van der Waals surface area contributed by atoms with Gasteiger partial charge < -0.3 is 0 Å². The van der Waals surface area contributed by atoms with E-state index < -0.39 is 21.2 Å². The molecule has 0 radical (unpaired) electrons. The van der Waals surface area contributed by atoms with Crippen LogP contribution in [0.5, 0.6) is 0 Å². The fraction of sp³-hybridized carbons (Fsp3) is 0.550. The van der Waals surface area contributed by atoms with E-state index in [1.807, 2.05) is 12.1 Å². The summed E-state index contributed by atoms with van der Waals surface area (Å²) in [5.41, 5.74) is 2.36. The Kier molecular flexibility index (Phi) is 14.4. The highest BCUT2D eigenvalue weighted by molar-refractivity contribution is 7.29. The summed E-state index contributed by atoms with van der Waals surface area (Å²) >= 11 is 6.18. The summed E-state index contributed by atoms with van der Waals surface area (Å²) in [6, 6.07) is 3.87. The van der Waals surface area contributed by atoms with Crippen LogP contribution in [0.4, 0.5) is 11.4 Å². The van der Waals surface area contributed by atoms with Crippen LogP contribution in [0.2, 0.25) is 0 Å². The van der Waals surface area contributed by atoms with E-state index in [9.17, 15) is 20.2 Å². The van der Waals surface area contributed by atoms with Crippen molar-refractivity contribution in [3.8, 4) is 20.9 Å². The van der Waals surface area contributed by atoms with Crippen LogP contribution >= 0.6 is 45.3 Å². The van der Waals surface area contributed by atoms with Crippen LogP contribution in [0, 0.1) is 20.2 Å². The molecule has 0 aliphatic heterocycles. The van der Waals surface area contributed by atoms with E-state index in [-0.39, 0.29) is 11.1 Å². The molecule has 0 atom stereocenters. The molecule has 0 bridgehead atoms. The molecule has 5 heterocycles. The zero-order valence-electron chi connectivity index (χ0n) is 31.0. The minimum atomic E-state index is -0.604. The quantitative estimate of drug-likeness (QED) is 0.0369. The maximum atomic E-state index is 12.9. The topological polar surface area (TPSA) is 128 Å². The average Bonchev–Trinajstić information content (AvgIpc) is 3.98. The number of thiophene rings is 4. The van der Waals surface area contributed by atoms with Crippen molar-refractivity contribution in [3.05, 3.63) is 54.2 Å². The lowest BCUT2D eigenvalue weighted by atomic mass is 10.0. The Hall–Kier alpha value is -3.26. The van der Waals surface area contributed by atoms with Gasteiger partial charge in [-0.05, 0) is 59.7 Å². The van der Waals surface area contributed by atoms with Crippen LogP contribution in [-0.2, 0) is 12.8 Å². The molecule has 0 unspecified atom stereocenters. The summed E-state index contributed by atoms with van der Waals surface area (Å²) in [6.07, 6.45) is 24.6. The number of nitro benzene ring substituents is 2. The predicted molar refractivity (Wildman–Crippen MR) is 226 cm³/mol. The number of fused-ring (bicyclic) bond motifs is 3. The molecule has 0 saturated heterocycles. The van der Waals surface area contributed by atoms with E-state index in [2.05, 4.69) is 40.0 Å². The molecule has 0 fully saturated rings. The molecule has 6 rings (SSSR count). The number of rotatable bonds is 24. The number of nitrogens with zero attached hydrogens (tertiary/aromatic N) is 4. The summed E-state index contributed by atoms with van der Waals surface area (Å²) in [5, 5.41) is 41.6. The second kappa shape index (κ2) is 19.4. The van der Waals surface area contributed by atoms with Crippen molar-refractivity contribution in [2.45, 2.75) is 142 Å². The number of hydrogen-bond donors (Lipinski definition) is 1. The molecule has 0 saturated carbocycles. The number of H-pyrrole nitrogens is 1. The molecule has 0 spiro atoms. The lowest BCUT2D eigenvalue weighted by molar-refractivity contribution is -0.421. The Morgan fingerprint density at radius 1 is 0.566 bits per heavy atom. The molecule has 13 heteroatoms. The highest BCUT2D eigenvalue weighted by Gasteiger charge is 2.40. The number of aryl methyl sites for hydroxylation is 2. The largest absolute Gasteiger partial charge is 0.357 e. The van der Waals surface area contributed by atoms with Gasteiger partial charge in [-0.3, -0.25) is 20.2 Å². The third-order valence-electron chi connectivity index (χ3n) is 10.3. The normalized spacial score (nSPS) is 11.9. The van der Waals surface area contributed by atoms with E-state index in [0.717, 1.165) is 44.5 Å². The number of aromatic amines is 1. The van der Waals surface area contributed by atoms with Gasteiger partial charge in [-0.15, -0.1) is 45.3 Å². The van der Waals surface area contributed by atoms with Gasteiger partial charge in [-0.25, -0.2) is 0 Å². The summed E-state index contributed by atoms with van der Waals surface area (Å²) in [4.78, 5) is 25.8. The van der Waals surface area contributed by atoms with Gasteiger partial charge in [0, 0.05) is 28.6 Å². The van der Waals surface area contributed by atoms with Gasteiger partial charge in [0.2, 0.25) is 0 Å². The smallest absolute Gasteiger partial charge is 0.258 e. The van der Waals surface area contributed by atoms with Gasteiger partial charge >= 0.3 is 11.4 Å². The third-order valence-corrected chi connectivity index (χ3v) is 15.0. The van der Waals surface area contributed by atoms with Crippen molar-refractivity contribution < 1.29 is 9.85 Å². The van der Waals surface area contributed by atoms with Crippen LogP contribution in [0.1, 0.15) is 141 Å². The maximum absolute atomic E-state index is 12.9. The van der Waals surface area contributed by atoms with Gasteiger partial charge in [0.05, 0.1) is 9.85 Å². The zero-order chi connectivity index (χ0) is 37.2. The van der Waals surface area contributed by atoms with E-state index in [4.69, 9.17) is 0 Å². The zero-order valence-corrected chi connectivity index (χ0v) is 34.3. The molecular weight excluding hydrogens is 743 g/mol. The first-order valence-electron chi connectivity index (χ1n) is 19.6. The molecule has 53 heavy (non-hydrogen) atoms. The number of aromatic nitrogens is 3. The van der Waals surface area contributed by atoms with E-state index in [1.165, 1.54) is 137 Å². The highest BCUT2D eigenvalue weighted by atomic mass is 32.1. The third kappa shape index (κ3) is 9.35. The lowest BCUT2D eigenvalue weighted by Crippen LogP contribution is -2.02. The molecule has 9 nitrogen and oxygen atoms in total. The SMILES string of the molecule is CCCCCCCCCCCc1csc2cc(-c3c([N+](=O)[O-])c([N+](=O)[O-])c(-c4cc5scc(CCCCCCCCCCC)c5s4)c4n[nH]nc34)sc12. The Morgan fingerprint density at radius 2 is 0.925 bits per heavy atom. The Labute approximate surface area is 327 Å². The number of hydrogen-bond acceptors (Lipinski definition) is 10. The maximum Gasteiger partial charge on any atom is 0.357 e. The highest BCUT2D eigenvalue weighted by Crippen LogP contribution is 2.53. The molecule has 0 amide bonds. The van der Waals surface area contributed by atoms with Crippen LogP contribution < -0.4 is 0 Å².